The topological polar surface area (TPSA) is 63.6 Å². The molecule has 242 valence electrons. The molecular weight excluding hydrogens is 508 g/mol. The third kappa shape index (κ3) is 33.1. The fourth-order valence-electron chi connectivity index (χ4n) is 5.51. The normalized spacial score (nSPS) is 12.2. The number of unbranched alkanes of at least 4 members (excludes halogenated alkanes) is 24. The van der Waals surface area contributed by atoms with Gasteiger partial charge in [-0.15, -0.1) is 0 Å². The minimum absolute atomic E-state index is 0.0598. The molecule has 0 aromatic heterocycles. The van der Waals surface area contributed by atoms with Crippen molar-refractivity contribution in [1.82, 2.24) is 0 Å². The first-order valence-corrected chi connectivity index (χ1v) is 18.2. The van der Waals surface area contributed by atoms with Crippen LogP contribution < -0.4 is 0 Å². The van der Waals surface area contributed by atoms with Crippen LogP contribution in [0.5, 0.6) is 0 Å². The van der Waals surface area contributed by atoms with Crippen molar-refractivity contribution in [2.45, 2.75) is 213 Å². The van der Waals surface area contributed by atoms with Gasteiger partial charge in [-0.25, -0.2) is 0 Å². The van der Waals surface area contributed by atoms with Gasteiger partial charge in [0.15, 0.2) is 0 Å². The number of aliphatic carboxylic acids is 1. The lowest BCUT2D eigenvalue weighted by Gasteiger charge is -2.15. The molecule has 0 saturated carbocycles. The predicted octanol–water partition coefficient (Wildman–Crippen LogP) is 12.3. The second-order valence-corrected chi connectivity index (χ2v) is 12.4. The lowest BCUT2D eigenvalue weighted by Crippen LogP contribution is -2.16. The molecule has 0 radical (unpaired) electrons. The highest BCUT2D eigenvalue weighted by Gasteiger charge is 2.11. The second-order valence-electron chi connectivity index (χ2n) is 12.4. The first-order chi connectivity index (χ1) is 20.1. The Morgan fingerprint density at radius 3 is 1.39 bits per heavy atom. The van der Waals surface area contributed by atoms with Crippen molar-refractivity contribution in [3.63, 3.8) is 0 Å². The quantitative estimate of drug-likeness (QED) is 0.0478. The summed E-state index contributed by atoms with van der Waals surface area (Å²) >= 11 is 0. The minimum atomic E-state index is -0.719. The zero-order valence-corrected chi connectivity index (χ0v) is 27.6. The number of carbonyl (C=O) groups is 2. The van der Waals surface area contributed by atoms with Gasteiger partial charge < -0.3 is 9.84 Å². The van der Waals surface area contributed by atoms with Crippen molar-refractivity contribution < 1.29 is 19.4 Å². The lowest BCUT2D eigenvalue weighted by atomic mass is 10.0. The smallest absolute Gasteiger partial charge is 0.306 e. The maximum absolute atomic E-state index is 12.5. The Morgan fingerprint density at radius 1 is 0.537 bits per heavy atom. The number of hydrogen-bond acceptors (Lipinski definition) is 3. The van der Waals surface area contributed by atoms with Crippen molar-refractivity contribution in [2.75, 3.05) is 0 Å². The highest BCUT2D eigenvalue weighted by molar-refractivity contribution is 5.69. The number of rotatable bonds is 33. The van der Waals surface area contributed by atoms with Gasteiger partial charge in [-0.1, -0.05) is 161 Å². The van der Waals surface area contributed by atoms with Gasteiger partial charge in [0.05, 0.1) is 0 Å². The van der Waals surface area contributed by atoms with Gasteiger partial charge in [0, 0.05) is 12.8 Å². The summed E-state index contributed by atoms with van der Waals surface area (Å²) in [4.78, 5) is 23.2. The van der Waals surface area contributed by atoms with Crippen LogP contribution in [-0.4, -0.2) is 23.1 Å². The molecule has 0 aliphatic carbocycles. The fraction of sp³-hybridized carbons (Fsp3) is 0.892. The van der Waals surface area contributed by atoms with Crippen molar-refractivity contribution in [3.05, 3.63) is 12.2 Å². The molecule has 0 aromatic carbocycles. The number of esters is 1. The summed E-state index contributed by atoms with van der Waals surface area (Å²) in [5.74, 6) is -0.779. The molecule has 41 heavy (non-hydrogen) atoms. The highest BCUT2D eigenvalue weighted by Crippen LogP contribution is 2.16. The standard InChI is InChI=1S/C37H70O4/c1-3-5-7-9-11-13-14-15-16-17-18-19-20-22-24-30-34-37(40)41-35(32-28-25-26-29-33-36(38)39)31-27-23-21-12-10-8-6-4-2/h27,31,35H,3-26,28-30,32-34H2,1-2H3,(H,38,39)/b31-27-. The molecule has 0 saturated heterocycles. The molecule has 0 bridgehead atoms. The summed E-state index contributed by atoms with van der Waals surface area (Å²) in [7, 11) is 0. The van der Waals surface area contributed by atoms with Gasteiger partial charge in [-0.3, -0.25) is 9.59 Å². The van der Waals surface area contributed by atoms with Gasteiger partial charge in [-0.2, -0.15) is 0 Å². The molecule has 1 atom stereocenters. The molecule has 0 heterocycles. The Labute approximate surface area is 255 Å². The van der Waals surface area contributed by atoms with Crippen LogP contribution in [0.1, 0.15) is 206 Å². The maximum atomic E-state index is 12.5. The predicted molar refractivity (Wildman–Crippen MR) is 177 cm³/mol. The van der Waals surface area contributed by atoms with Crippen molar-refractivity contribution >= 4 is 11.9 Å². The van der Waals surface area contributed by atoms with E-state index in [9.17, 15) is 9.59 Å². The SMILES string of the molecule is CCCCCCCC/C=C\C(CCCCCCC(=O)O)OC(=O)CCCCCCCCCCCCCCCCCC. The van der Waals surface area contributed by atoms with Crippen LogP contribution in [0.25, 0.3) is 0 Å². The Balaban J connectivity index is 3.92. The minimum Gasteiger partial charge on any atom is -0.481 e. The molecule has 0 rings (SSSR count). The number of ether oxygens (including phenoxy) is 1. The number of carboxylic acid groups (broad SMARTS) is 1. The van der Waals surface area contributed by atoms with E-state index in [1.807, 2.05) is 0 Å². The zero-order valence-electron chi connectivity index (χ0n) is 27.6. The molecule has 4 nitrogen and oxygen atoms in total. The lowest BCUT2D eigenvalue weighted by molar-refractivity contribution is -0.147. The van der Waals surface area contributed by atoms with E-state index in [2.05, 4.69) is 26.0 Å². The van der Waals surface area contributed by atoms with E-state index >= 15 is 0 Å². The summed E-state index contributed by atoms with van der Waals surface area (Å²) in [5.41, 5.74) is 0. The zero-order chi connectivity index (χ0) is 30.1. The Morgan fingerprint density at radius 2 is 0.927 bits per heavy atom. The highest BCUT2D eigenvalue weighted by atomic mass is 16.5. The first-order valence-electron chi connectivity index (χ1n) is 18.2. The summed E-state index contributed by atoms with van der Waals surface area (Å²) in [6.07, 6.45) is 39.5. The van der Waals surface area contributed by atoms with Gasteiger partial charge in [0.25, 0.3) is 0 Å². The number of allylic oxidation sites excluding steroid dienone is 1. The third-order valence-electron chi connectivity index (χ3n) is 8.22. The van der Waals surface area contributed by atoms with Crippen molar-refractivity contribution in [1.29, 1.82) is 0 Å². The van der Waals surface area contributed by atoms with Crippen LogP contribution in [0.3, 0.4) is 0 Å². The van der Waals surface area contributed by atoms with E-state index in [1.54, 1.807) is 0 Å². The van der Waals surface area contributed by atoms with E-state index in [-0.39, 0.29) is 18.5 Å². The number of hydrogen-bond donors (Lipinski definition) is 1. The van der Waals surface area contributed by atoms with Crippen LogP contribution in [-0.2, 0) is 14.3 Å². The fourth-order valence-corrected chi connectivity index (χ4v) is 5.51. The van der Waals surface area contributed by atoms with Gasteiger partial charge in [0.2, 0.25) is 0 Å². The number of carbonyl (C=O) groups excluding carboxylic acids is 1. The Hall–Kier alpha value is -1.32. The summed E-state index contributed by atoms with van der Waals surface area (Å²) < 4.78 is 5.86. The molecule has 0 fully saturated rings. The largest absolute Gasteiger partial charge is 0.481 e. The average molecular weight is 579 g/mol. The Bertz CT molecular complexity index is 585. The van der Waals surface area contributed by atoms with E-state index in [4.69, 9.17) is 9.84 Å². The van der Waals surface area contributed by atoms with Gasteiger partial charge in [0.1, 0.15) is 6.10 Å². The molecule has 0 amide bonds. The van der Waals surface area contributed by atoms with Crippen LogP contribution in [0.4, 0.5) is 0 Å². The first kappa shape index (κ1) is 39.7. The van der Waals surface area contributed by atoms with E-state index in [0.717, 1.165) is 51.4 Å². The van der Waals surface area contributed by atoms with E-state index in [1.165, 1.54) is 128 Å². The van der Waals surface area contributed by atoms with Crippen molar-refractivity contribution in [3.8, 4) is 0 Å². The van der Waals surface area contributed by atoms with E-state index in [0.29, 0.717) is 6.42 Å². The molecule has 0 aromatic rings. The molecule has 0 aliphatic heterocycles. The van der Waals surface area contributed by atoms with Gasteiger partial charge in [-0.05, 0) is 44.6 Å². The monoisotopic (exact) mass is 579 g/mol. The number of carboxylic acids is 1. The van der Waals surface area contributed by atoms with Gasteiger partial charge >= 0.3 is 11.9 Å². The molecule has 4 heteroatoms. The molecule has 1 N–H and O–H groups in total. The third-order valence-corrected chi connectivity index (χ3v) is 8.22. The summed E-state index contributed by atoms with van der Waals surface area (Å²) in [6, 6.07) is 0. The summed E-state index contributed by atoms with van der Waals surface area (Å²) in [6.45, 7) is 4.53. The Kier molecular flexibility index (Phi) is 32.1. The molecule has 0 aliphatic rings. The van der Waals surface area contributed by atoms with Crippen LogP contribution >= 0.6 is 0 Å². The molecular formula is C37H70O4. The molecule has 0 spiro atoms. The van der Waals surface area contributed by atoms with Crippen LogP contribution in [0, 0.1) is 0 Å². The maximum Gasteiger partial charge on any atom is 0.306 e. The summed E-state index contributed by atoms with van der Waals surface area (Å²) in [5, 5.41) is 8.80. The van der Waals surface area contributed by atoms with Crippen LogP contribution in [0.2, 0.25) is 0 Å². The van der Waals surface area contributed by atoms with Crippen molar-refractivity contribution in [2.24, 2.45) is 0 Å². The second kappa shape index (κ2) is 33.2. The van der Waals surface area contributed by atoms with E-state index < -0.39 is 5.97 Å². The average Bonchev–Trinajstić information content (AvgIpc) is 2.95. The molecule has 1 unspecified atom stereocenters. The van der Waals surface area contributed by atoms with Crippen LogP contribution in [0.15, 0.2) is 12.2 Å².